The summed E-state index contributed by atoms with van der Waals surface area (Å²) >= 11 is 0. The van der Waals surface area contributed by atoms with Crippen LogP contribution in [0.1, 0.15) is 38.3 Å². The molecular formula is C13H18N4O. The van der Waals surface area contributed by atoms with Crippen LogP contribution in [0.25, 0.3) is 11.5 Å². The van der Waals surface area contributed by atoms with Crippen LogP contribution in [0.4, 0.5) is 0 Å². The molecule has 1 unspecified atom stereocenters. The van der Waals surface area contributed by atoms with Gasteiger partial charge in [-0.15, -0.1) is 0 Å². The lowest BCUT2D eigenvalue weighted by Crippen LogP contribution is -2.33. The monoisotopic (exact) mass is 246 g/mol. The molecule has 0 aliphatic rings. The van der Waals surface area contributed by atoms with Gasteiger partial charge in [-0.2, -0.15) is 4.98 Å². The summed E-state index contributed by atoms with van der Waals surface area (Å²) in [6, 6.07) is 5.70. The molecule has 2 aromatic rings. The van der Waals surface area contributed by atoms with Gasteiger partial charge in [0.15, 0.2) is 0 Å². The molecule has 18 heavy (non-hydrogen) atoms. The smallest absolute Gasteiger partial charge is 0.246 e. The second kappa shape index (κ2) is 4.86. The van der Waals surface area contributed by atoms with Crippen LogP contribution in [-0.2, 0) is 5.54 Å². The van der Waals surface area contributed by atoms with Gasteiger partial charge in [-0.1, -0.05) is 24.6 Å². The van der Waals surface area contributed by atoms with E-state index in [9.17, 15) is 0 Å². The van der Waals surface area contributed by atoms with Crippen molar-refractivity contribution in [2.45, 2.75) is 39.2 Å². The Kier molecular flexibility index (Phi) is 3.43. The fourth-order valence-electron chi connectivity index (χ4n) is 1.85. The topological polar surface area (TPSA) is 77.8 Å². The summed E-state index contributed by atoms with van der Waals surface area (Å²) in [7, 11) is 0. The number of aromatic nitrogens is 3. The molecule has 5 heteroatoms. The van der Waals surface area contributed by atoms with Crippen LogP contribution in [0.3, 0.4) is 0 Å². The van der Waals surface area contributed by atoms with Crippen LogP contribution in [-0.4, -0.2) is 15.1 Å². The fraction of sp³-hybridized carbons (Fsp3) is 0.462. The van der Waals surface area contributed by atoms with Crippen LogP contribution in [0, 0.1) is 6.92 Å². The zero-order valence-electron chi connectivity index (χ0n) is 11.0. The minimum Gasteiger partial charge on any atom is -0.337 e. The number of aryl methyl sites for hydroxylation is 1. The zero-order chi connectivity index (χ0) is 13.2. The highest BCUT2D eigenvalue weighted by atomic mass is 16.5. The van der Waals surface area contributed by atoms with Gasteiger partial charge in [-0.25, -0.2) is 4.98 Å². The quantitative estimate of drug-likeness (QED) is 0.896. The van der Waals surface area contributed by atoms with E-state index < -0.39 is 5.54 Å². The highest BCUT2D eigenvalue weighted by molar-refractivity contribution is 5.48. The second-order valence-electron chi connectivity index (χ2n) is 4.75. The van der Waals surface area contributed by atoms with Crippen molar-refractivity contribution in [3.8, 4) is 11.5 Å². The van der Waals surface area contributed by atoms with E-state index in [4.69, 9.17) is 10.3 Å². The molecule has 0 fully saturated rings. The van der Waals surface area contributed by atoms with Crippen molar-refractivity contribution in [1.29, 1.82) is 0 Å². The highest BCUT2D eigenvalue weighted by Crippen LogP contribution is 2.23. The van der Waals surface area contributed by atoms with Crippen LogP contribution in [0.2, 0.25) is 0 Å². The number of hydrogen-bond acceptors (Lipinski definition) is 5. The van der Waals surface area contributed by atoms with Crippen molar-refractivity contribution >= 4 is 0 Å². The van der Waals surface area contributed by atoms with Gasteiger partial charge in [0.1, 0.15) is 5.69 Å². The minimum atomic E-state index is -0.580. The standard InChI is InChI=1S/C13H18N4O/c1-4-8-13(3,14)12-16-11(17-18-12)10-7-5-6-9(2)15-10/h5-7H,4,8,14H2,1-3H3. The predicted molar refractivity (Wildman–Crippen MR) is 68.7 cm³/mol. The predicted octanol–water partition coefficient (Wildman–Crippen LogP) is 2.41. The summed E-state index contributed by atoms with van der Waals surface area (Å²) in [4.78, 5) is 8.71. The summed E-state index contributed by atoms with van der Waals surface area (Å²) in [5.41, 5.74) is 7.20. The first-order chi connectivity index (χ1) is 8.53. The van der Waals surface area contributed by atoms with Gasteiger partial charge < -0.3 is 10.3 Å². The molecule has 0 radical (unpaired) electrons. The van der Waals surface area contributed by atoms with E-state index in [1.54, 1.807) is 0 Å². The van der Waals surface area contributed by atoms with Crippen molar-refractivity contribution < 1.29 is 4.52 Å². The number of nitrogens with zero attached hydrogens (tertiary/aromatic N) is 3. The van der Waals surface area contributed by atoms with Gasteiger partial charge in [-0.05, 0) is 32.4 Å². The van der Waals surface area contributed by atoms with Crippen LogP contribution < -0.4 is 5.73 Å². The van der Waals surface area contributed by atoms with E-state index in [-0.39, 0.29) is 0 Å². The Morgan fingerprint density at radius 3 is 2.78 bits per heavy atom. The number of hydrogen-bond donors (Lipinski definition) is 1. The fourth-order valence-corrected chi connectivity index (χ4v) is 1.85. The lowest BCUT2D eigenvalue weighted by atomic mass is 9.98. The molecule has 0 aliphatic carbocycles. The van der Waals surface area contributed by atoms with Gasteiger partial charge in [0.25, 0.3) is 0 Å². The average molecular weight is 246 g/mol. The third kappa shape index (κ3) is 2.56. The molecule has 0 saturated heterocycles. The molecule has 0 amide bonds. The molecule has 0 aromatic carbocycles. The molecule has 1 atom stereocenters. The van der Waals surface area contributed by atoms with E-state index in [1.807, 2.05) is 32.0 Å². The molecule has 2 aromatic heterocycles. The largest absolute Gasteiger partial charge is 0.337 e. The molecule has 0 spiro atoms. The maximum Gasteiger partial charge on any atom is 0.246 e. The van der Waals surface area contributed by atoms with E-state index >= 15 is 0 Å². The Morgan fingerprint density at radius 1 is 1.33 bits per heavy atom. The van der Waals surface area contributed by atoms with Crippen molar-refractivity contribution in [2.75, 3.05) is 0 Å². The van der Waals surface area contributed by atoms with Crippen molar-refractivity contribution in [2.24, 2.45) is 5.73 Å². The first kappa shape index (κ1) is 12.7. The van der Waals surface area contributed by atoms with Crippen molar-refractivity contribution in [3.63, 3.8) is 0 Å². The van der Waals surface area contributed by atoms with Gasteiger partial charge in [0.05, 0.1) is 5.54 Å². The van der Waals surface area contributed by atoms with E-state index in [1.165, 1.54) is 0 Å². The second-order valence-corrected chi connectivity index (χ2v) is 4.75. The summed E-state index contributed by atoms with van der Waals surface area (Å²) in [6.07, 6.45) is 1.77. The van der Waals surface area contributed by atoms with E-state index in [0.29, 0.717) is 17.4 Å². The third-order valence-corrected chi connectivity index (χ3v) is 2.80. The normalized spacial score (nSPS) is 14.4. The van der Waals surface area contributed by atoms with Crippen LogP contribution in [0.15, 0.2) is 22.7 Å². The minimum absolute atomic E-state index is 0.461. The van der Waals surface area contributed by atoms with Crippen LogP contribution >= 0.6 is 0 Å². The van der Waals surface area contributed by atoms with E-state index in [0.717, 1.165) is 18.5 Å². The number of nitrogens with two attached hydrogens (primary N) is 1. The molecule has 0 saturated carbocycles. The summed E-state index contributed by atoms with van der Waals surface area (Å²) in [5.74, 6) is 0.948. The zero-order valence-corrected chi connectivity index (χ0v) is 11.0. The summed E-state index contributed by atoms with van der Waals surface area (Å²) in [5, 5.41) is 3.95. The Labute approximate surface area is 106 Å². The van der Waals surface area contributed by atoms with Crippen LogP contribution in [0.5, 0.6) is 0 Å². The van der Waals surface area contributed by atoms with E-state index in [2.05, 4.69) is 22.0 Å². The van der Waals surface area contributed by atoms with Crippen molar-refractivity contribution in [3.05, 3.63) is 29.8 Å². The molecule has 2 rings (SSSR count). The lowest BCUT2D eigenvalue weighted by molar-refractivity contribution is 0.284. The number of pyridine rings is 1. The molecule has 0 bridgehead atoms. The molecule has 96 valence electrons. The van der Waals surface area contributed by atoms with Gasteiger partial charge >= 0.3 is 0 Å². The first-order valence-electron chi connectivity index (χ1n) is 6.10. The first-order valence-corrected chi connectivity index (χ1v) is 6.10. The molecule has 2 heterocycles. The lowest BCUT2D eigenvalue weighted by Gasteiger charge is -2.18. The van der Waals surface area contributed by atoms with Gasteiger partial charge in [-0.3, -0.25) is 0 Å². The molecule has 2 N–H and O–H groups in total. The maximum absolute atomic E-state index is 6.15. The molecule has 0 aliphatic heterocycles. The summed E-state index contributed by atoms with van der Waals surface area (Å²) in [6.45, 7) is 5.90. The summed E-state index contributed by atoms with van der Waals surface area (Å²) < 4.78 is 5.25. The Balaban J connectivity index is 2.31. The Hall–Kier alpha value is -1.75. The van der Waals surface area contributed by atoms with Gasteiger partial charge in [0.2, 0.25) is 11.7 Å². The average Bonchev–Trinajstić information content (AvgIpc) is 2.78. The third-order valence-electron chi connectivity index (χ3n) is 2.80. The van der Waals surface area contributed by atoms with Crippen molar-refractivity contribution in [1.82, 2.24) is 15.1 Å². The SMILES string of the molecule is CCCC(C)(N)c1nc(-c2cccc(C)n2)no1. The molecule has 5 nitrogen and oxygen atoms in total. The highest BCUT2D eigenvalue weighted by Gasteiger charge is 2.27. The van der Waals surface area contributed by atoms with Gasteiger partial charge in [0, 0.05) is 5.69 Å². The molecular weight excluding hydrogens is 228 g/mol. The Morgan fingerprint density at radius 2 is 2.11 bits per heavy atom. The Bertz CT molecular complexity index is 533. The maximum atomic E-state index is 6.15. The number of rotatable bonds is 4.